The van der Waals surface area contributed by atoms with Gasteiger partial charge in [0.05, 0.1) is 30.9 Å². The quantitative estimate of drug-likeness (QED) is 0.829. The maximum absolute atomic E-state index is 12.8. The molecule has 1 heterocycles. The third-order valence-electron chi connectivity index (χ3n) is 3.10. The molecule has 21 heavy (non-hydrogen) atoms. The zero-order valence-electron chi connectivity index (χ0n) is 11.3. The lowest BCUT2D eigenvalue weighted by Gasteiger charge is -2.31. The highest BCUT2D eigenvalue weighted by molar-refractivity contribution is 9.10. The molecule has 1 atom stereocenters. The van der Waals surface area contributed by atoms with E-state index >= 15 is 0 Å². The Morgan fingerprint density at radius 3 is 2.90 bits per heavy atom. The van der Waals surface area contributed by atoms with Crippen LogP contribution in [0.1, 0.15) is 0 Å². The number of methoxy groups -OCH3 is 1. The fourth-order valence-corrected chi connectivity index (χ4v) is 4.91. The van der Waals surface area contributed by atoms with Crippen molar-refractivity contribution >= 4 is 37.6 Å². The van der Waals surface area contributed by atoms with Gasteiger partial charge >= 0.3 is 0 Å². The second-order valence-electron chi connectivity index (χ2n) is 4.46. The summed E-state index contributed by atoms with van der Waals surface area (Å²) in [4.78, 5) is -0.0111. The number of rotatable bonds is 4. The molecule has 0 aliphatic carbocycles. The van der Waals surface area contributed by atoms with Gasteiger partial charge in [-0.15, -0.1) is 0 Å². The van der Waals surface area contributed by atoms with Crippen molar-refractivity contribution in [3.8, 4) is 5.75 Å². The van der Waals surface area contributed by atoms with Gasteiger partial charge in [-0.2, -0.15) is 4.31 Å². The second kappa shape index (κ2) is 6.80. The largest absolute Gasteiger partial charge is 0.494 e. The number of aliphatic hydroxyl groups is 1. The number of nitrogens with zero attached hydrogens (tertiary/aromatic N) is 1. The molecule has 0 spiro atoms. The standard InChI is InChI=1S/C12H15BrClNO5S/c1-19-12-10(13)4-8(14)5-11(12)21(17,18)15-2-3-20-9(6-15)7-16/h4-5,9,16H,2-3,6-7H2,1H3. The molecule has 1 aromatic carbocycles. The Hall–Kier alpha value is -0.380. The number of morpholine rings is 1. The predicted octanol–water partition coefficient (Wildman–Crippen LogP) is 1.49. The lowest BCUT2D eigenvalue weighted by Crippen LogP contribution is -2.46. The van der Waals surface area contributed by atoms with E-state index in [1.165, 1.54) is 17.5 Å². The lowest BCUT2D eigenvalue weighted by molar-refractivity contribution is -0.0304. The fourth-order valence-electron chi connectivity index (χ4n) is 2.09. The Morgan fingerprint density at radius 1 is 1.57 bits per heavy atom. The summed E-state index contributed by atoms with van der Waals surface area (Å²) in [5, 5.41) is 9.42. The van der Waals surface area contributed by atoms with E-state index in [9.17, 15) is 8.42 Å². The Labute approximate surface area is 136 Å². The van der Waals surface area contributed by atoms with Crippen molar-refractivity contribution in [2.45, 2.75) is 11.0 Å². The molecule has 0 aromatic heterocycles. The summed E-state index contributed by atoms with van der Waals surface area (Å²) in [5.41, 5.74) is 0. The van der Waals surface area contributed by atoms with Crippen molar-refractivity contribution in [2.75, 3.05) is 33.4 Å². The van der Waals surface area contributed by atoms with Crippen molar-refractivity contribution in [1.82, 2.24) is 4.31 Å². The first kappa shape index (κ1) is 17.0. The minimum Gasteiger partial charge on any atom is -0.494 e. The Balaban J connectivity index is 2.44. The highest BCUT2D eigenvalue weighted by atomic mass is 79.9. The van der Waals surface area contributed by atoms with Crippen LogP contribution in [0.4, 0.5) is 0 Å². The summed E-state index contributed by atoms with van der Waals surface area (Å²) in [5.74, 6) is 0.200. The monoisotopic (exact) mass is 399 g/mol. The molecule has 0 bridgehead atoms. The van der Waals surface area contributed by atoms with Crippen LogP contribution < -0.4 is 4.74 Å². The average Bonchev–Trinajstić information content (AvgIpc) is 2.46. The van der Waals surface area contributed by atoms with E-state index in [1.54, 1.807) is 6.07 Å². The molecule has 1 aliphatic rings. The molecule has 9 heteroatoms. The van der Waals surface area contributed by atoms with Crippen LogP contribution in [0.5, 0.6) is 5.75 Å². The highest BCUT2D eigenvalue weighted by Crippen LogP contribution is 2.37. The number of hydrogen-bond donors (Lipinski definition) is 1. The van der Waals surface area contributed by atoms with Crippen LogP contribution in [0.2, 0.25) is 5.02 Å². The van der Waals surface area contributed by atoms with E-state index in [0.717, 1.165) is 0 Å². The van der Waals surface area contributed by atoms with E-state index in [2.05, 4.69) is 15.9 Å². The fraction of sp³-hybridized carbons (Fsp3) is 0.500. The zero-order valence-corrected chi connectivity index (χ0v) is 14.4. The van der Waals surface area contributed by atoms with Gasteiger partial charge in [0.2, 0.25) is 10.0 Å². The average molecular weight is 401 g/mol. The first-order chi connectivity index (χ1) is 9.90. The van der Waals surface area contributed by atoms with Gasteiger partial charge in [-0.05, 0) is 28.1 Å². The van der Waals surface area contributed by atoms with Gasteiger partial charge in [0.25, 0.3) is 0 Å². The van der Waals surface area contributed by atoms with E-state index in [0.29, 0.717) is 4.47 Å². The van der Waals surface area contributed by atoms with Gasteiger partial charge in [-0.1, -0.05) is 11.6 Å². The molecule has 1 unspecified atom stereocenters. The van der Waals surface area contributed by atoms with Crippen LogP contribution in [-0.4, -0.2) is 57.3 Å². The Bertz CT molecular complexity index is 624. The molecule has 1 N–H and O–H groups in total. The van der Waals surface area contributed by atoms with E-state index in [4.69, 9.17) is 26.2 Å². The van der Waals surface area contributed by atoms with Crippen LogP contribution in [0, 0.1) is 0 Å². The van der Waals surface area contributed by atoms with E-state index in [-0.39, 0.29) is 42.0 Å². The molecule has 0 saturated carbocycles. The smallest absolute Gasteiger partial charge is 0.247 e. The molecule has 1 aliphatic heterocycles. The van der Waals surface area contributed by atoms with Gasteiger partial charge in [-0.3, -0.25) is 0 Å². The van der Waals surface area contributed by atoms with Gasteiger partial charge in [0, 0.05) is 18.1 Å². The summed E-state index contributed by atoms with van der Waals surface area (Å²) in [7, 11) is -2.40. The topological polar surface area (TPSA) is 76.1 Å². The Kier molecular flexibility index (Phi) is 5.50. The zero-order chi connectivity index (χ0) is 15.6. The molecule has 2 rings (SSSR count). The van der Waals surface area contributed by atoms with Crippen molar-refractivity contribution in [3.63, 3.8) is 0 Å². The predicted molar refractivity (Wildman–Crippen MR) is 81.3 cm³/mol. The number of aliphatic hydroxyl groups excluding tert-OH is 1. The normalized spacial score (nSPS) is 20.5. The van der Waals surface area contributed by atoms with Crippen molar-refractivity contribution in [3.05, 3.63) is 21.6 Å². The van der Waals surface area contributed by atoms with E-state index in [1.807, 2.05) is 0 Å². The molecule has 1 saturated heterocycles. The van der Waals surface area contributed by atoms with Gasteiger partial charge < -0.3 is 14.6 Å². The van der Waals surface area contributed by atoms with E-state index < -0.39 is 16.1 Å². The molecular weight excluding hydrogens is 386 g/mol. The molecular formula is C12H15BrClNO5S. The van der Waals surface area contributed by atoms with Crippen molar-refractivity contribution in [1.29, 1.82) is 0 Å². The first-order valence-corrected chi connectivity index (χ1v) is 8.77. The van der Waals surface area contributed by atoms with Crippen LogP contribution in [0.15, 0.2) is 21.5 Å². The third-order valence-corrected chi connectivity index (χ3v) is 5.78. The third kappa shape index (κ3) is 3.52. The number of ether oxygens (including phenoxy) is 2. The lowest BCUT2D eigenvalue weighted by atomic mass is 10.3. The summed E-state index contributed by atoms with van der Waals surface area (Å²) in [6, 6.07) is 2.92. The highest BCUT2D eigenvalue weighted by Gasteiger charge is 2.33. The van der Waals surface area contributed by atoms with Crippen LogP contribution in [0.25, 0.3) is 0 Å². The van der Waals surface area contributed by atoms with Crippen LogP contribution in [0.3, 0.4) is 0 Å². The summed E-state index contributed by atoms with van der Waals surface area (Å²) >= 11 is 9.19. The first-order valence-electron chi connectivity index (χ1n) is 6.15. The molecule has 118 valence electrons. The van der Waals surface area contributed by atoms with Gasteiger partial charge in [-0.25, -0.2) is 8.42 Å². The van der Waals surface area contributed by atoms with Crippen molar-refractivity contribution < 1.29 is 23.0 Å². The number of benzene rings is 1. The van der Waals surface area contributed by atoms with Crippen LogP contribution in [-0.2, 0) is 14.8 Å². The number of hydrogen-bond acceptors (Lipinski definition) is 5. The van der Waals surface area contributed by atoms with Crippen molar-refractivity contribution in [2.24, 2.45) is 0 Å². The SMILES string of the molecule is COc1c(Br)cc(Cl)cc1S(=O)(=O)N1CCOC(CO)C1. The molecule has 1 aromatic rings. The second-order valence-corrected chi connectivity index (χ2v) is 7.65. The maximum atomic E-state index is 12.8. The summed E-state index contributed by atoms with van der Waals surface area (Å²) in [6.45, 7) is 0.301. The molecule has 6 nitrogen and oxygen atoms in total. The maximum Gasteiger partial charge on any atom is 0.247 e. The van der Waals surface area contributed by atoms with Crippen LogP contribution >= 0.6 is 27.5 Å². The molecule has 0 amide bonds. The summed E-state index contributed by atoms with van der Waals surface area (Å²) < 4.78 is 37.7. The minimum absolute atomic E-state index is 0.0111. The minimum atomic E-state index is -3.79. The van der Waals surface area contributed by atoms with Gasteiger partial charge in [0.15, 0.2) is 5.75 Å². The number of sulfonamides is 1. The number of halogens is 2. The summed E-state index contributed by atoms with van der Waals surface area (Å²) in [6.07, 6.45) is -0.526. The molecule has 1 fully saturated rings. The van der Waals surface area contributed by atoms with Gasteiger partial charge in [0.1, 0.15) is 4.90 Å². The molecule has 0 radical (unpaired) electrons. The Morgan fingerprint density at radius 2 is 2.29 bits per heavy atom.